The minimum Gasteiger partial charge on any atom is -0.497 e. The van der Waals surface area contributed by atoms with Gasteiger partial charge in [0.15, 0.2) is 0 Å². The average molecular weight is 815 g/mol. The molecule has 60 heavy (non-hydrogen) atoms. The van der Waals surface area contributed by atoms with Gasteiger partial charge in [0.25, 0.3) is 0 Å². The van der Waals surface area contributed by atoms with E-state index in [1.165, 1.54) is 0 Å². The maximum absolute atomic E-state index is 15.9. The van der Waals surface area contributed by atoms with Crippen molar-refractivity contribution in [3.63, 3.8) is 0 Å². The molecule has 4 aromatic carbocycles. The summed E-state index contributed by atoms with van der Waals surface area (Å²) in [6.45, 7) is 7.15. The van der Waals surface area contributed by atoms with Crippen molar-refractivity contribution in [1.82, 2.24) is 0 Å². The normalized spacial score (nSPS) is 32.2. The zero-order chi connectivity index (χ0) is 42.2. The lowest BCUT2D eigenvalue weighted by Crippen LogP contribution is -3.10. The Hall–Kier alpha value is -6.04. The molecule has 12 nitrogen and oxygen atoms in total. The van der Waals surface area contributed by atoms with Gasteiger partial charge in [-0.2, -0.15) is 0 Å². The molecule has 0 amide bonds. The number of para-hydroxylation sites is 2. The van der Waals surface area contributed by atoms with Gasteiger partial charge < -0.3 is 38.2 Å². The second-order valence-electron chi connectivity index (χ2n) is 16.1. The van der Waals surface area contributed by atoms with Gasteiger partial charge in [-0.1, -0.05) is 60.7 Å². The Bertz CT molecular complexity index is 2040. The molecular weight excluding hydrogens is 765 g/mol. The number of hydrogen-bond acceptors (Lipinski definition) is 12. The monoisotopic (exact) mass is 814 g/mol. The van der Waals surface area contributed by atoms with Gasteiger partial charge in [-0.25, -0.2) is 0 Å². The highest BCUT2D eigenvalue weighted by Gasteiger charge is 3.07. The van der Waals surface area contributed by atoms with E-state index >= 15 is 19.2 Å². The van der Waals surface area contributed by atoms with Crippen LogP contribution >= 0.6 is 0 Å². The number of anilines is 2. The van der Waals surface area contributed by atoms with Crippen LogP contribution in [0.2, 0.25) is 0 Å². The Morgan fingerprint density at radius 2 is 0.700 bits per heavy atom. The Morgan fingerprint density at radius 3 is 0.933 bits per heavy atom. The molecule has 0 atom stereocenters. The van der Waals surface area contributed by atoms with Crippen LogP contribution in [0.1, 0.15) is 50.7 Å². The van der Waals surface area contributed by atoms with E-state index in [9.17, 15) is 0 Å². The molecule has 4 aliphatic heterocycles. The molecule has 4 saturated heterocycles. The third kappa shape index (κ3) is 4.46. The summed E-state index contributed by atoms with van der Waals surface area (Å²) >= 11 is 0. The molecule has 6 aliphatic rings. The van der Waals surface area contributed by atoms with Crippen molar-refractivity contribution < 1.29 is 47.6 Å². The number of piperidine rings is 4. The first-order valence-corrected chi connectivity index (χ1v) is 20.8. The quantitative estimate of drug-likeness (QED) is 0.104. The number of benzene rings is 4. The van der Waals surface area contributed by atoms with Crippen LogP contribution < -0.4 is 19.3 Å². The van der Waals surface area contributed by atoms with Gasteiger partial charge in [-0.15, -0.1) is 0 Å². The molecule has 4 aromatic rings. The van der Waals surface area contributed by atoms with Crippen LogP contribution in [-0.4, -0.2) is 88.7 Å². The summed E-state index contributed by atoms with van der Waals surface area (Å²) in [5.41, 5.74) is -4.01. The fourth-order valence-electron chi connectivity index (χ4n) is 13.1. The topological polar surface area (TPSA) is 130 Å². The summed E-state index contributed by atoms with van der Waals surface area (Å²) in [5.74, 6) is -3.01. The van der Waals surface area contributed by atoms with Crippen molar-refractivity contribution in [1.29, 1.82) is 0 Å². The van der Waals surface area contributed by atoms with E-state index in [1.54, 1.807) is 41.9 Å². The average Bonchev–Trinajstić information content (AvgIpc) is 3.25. The first-order valence-electron chi connectivity index (χ1n) is 20.8. The molecule has 10 rings (SSSR count). The van der Waals surface area contributed by atoms with Gasteiger partial charge in [0.05, 0.1) is 64.8 Å². The van der Waals surface area contributed by atoms with Crippen LogP contribution in [0.4, 0.5) is 11.4 Å². The van der Waals surface area contributed by atoms with Gasteiger partial charge in [0.2, 0.25) is 0 Å². The lowest BCUT2D eigenvalue weighted by atomic mass is 9.15. The molecule has 0 aromatic heterocycles. The zero-order valence-corrected chi connectivity index (χ0v) is 34.7. The molecule has 2 aliphatic carbocycles. The van der Waals surface area contributed by atoms with Gasteiger partial charge in [0, 0.05) is 23.2 Å². The minimum absolute atomic E-state index is 0.0341. The number of esters is 4. The smallest absolute Gasteiger partial charge is 0.317 e. The lowest BCUT2D eigenvalue weighted by Gasteiger charge is -2.95. The predicted molar refractivity (Wildman–Crippen MR) is 221 cm³/mol. The first kappa shape index (κ1) is 39.4. The van der Waals surface area contributed by atoms with Crippen molar-refractivity contribution in [2.75, 3.05) is 50.4 Å². The van der Waals surface area contributed by atoms with Gasteiger partial charge >= 0.3 is 23.9 Å². The second kappa shape index (κ2) is 14.3. The number of nitrogens with zero attached hydrogens (tertiary/aromatic N) is 2. The largest absolute Gasteiger partial charge is 0.497 e. The van der Waals surface area contributed by atoms with Crippen molar-refractivity contribution in [2.45, 2.75) is 63.7 Å². The van der Waals surface area contributed by atoms with Crippen LogP contribution in [-0.2, 0) is 38.1 Å². The summed E-state index contributed by atoms with van der Waals surface area (Å²) < 4.78 is 36.3. The van der Waals surface area contributed by atoms with Crippen LogP contribution in [0.15, 0.2) is 109 Å². The van der Waals surface area contributed by atoms with Crippen molar-refractivity contribution >= 4 is 35.3 Å². The summed E-state index contributed by atoms with van der Waals surface area (Å²) in [4.78, 5) is 67.6. The predicted octanol–water partition coefficient (Wildman–Crippen LogP) is 6.32. The SMILES string of the molecule is CCOC(=O)C12C(c3ccc(OC)cc3)C3(C(=O)OCC)C4N(c5ccccc5)C1C1(C(=O)OCC)C(c5ccc(OC)cc5)C4(C(=O)OCC)C3N(c3ccccc3)C21. The maximum Gasteiger partial charge on any atom is 0.317 e. The molecule has 4 heterocycles. The van der Waals surface area contributed by atoms with Crippen LogP contribution in [0.25, 0.3) is 0 Å². The van der Waals surface area contributed by atoms with E-state index in [1.807, 2.05) is 119 Å². The zero-order valence-electron chi connectivity index (χ0n) is 34.7. The number of hydrogen-bond donors (Lipinski definition) is 0. The van der Waals surface area contributed by atoms with Crippen LogP contribution in [0, 0.1) is 21.7 Å². The van der Waals surface area contributed by atoms with Gasteiger partial charge in [0.1, 0.15) is 33.2 Å². The molecule has 6 fully saturated rings. The van der Waals surface area contributed by atoms with Crippen molar-refractivity contribution in [3.05, 3.63) is 120 Å². The Kier molecular flexibility index (Phi) is 9.40. The molecule has 8 bridgehead atoms. The lowest BCUT2D eigenvalue weighted by molar-refractivity contribution is -0.340. The standard InChI is InChI=1S/C48H50N2O10/c1-7-57-41(51)45-35(29-21-25-33(55-5)26-22-29)46(42(52)58-8-2)39-48(44(54)60-10-4)36(30-23-27-34(56-6)28-24-30)47(43(53)59-9-3,37(45)49(39)31-17-13-11-14-18-31)38(45)50(40(46)48)32-19-15-12-16-20-32/h11-28,35-40H,7-10H2,1-6H3. The van der Waals surface area contributed by atoms with E-state index in [4.69, 9.17) is 28.4 Å². The van der Waals surface area contributed by atoms with E-state index in [2.05, 4.69) is 0 Å². The highest BCUT2D eigenvalue weighted by atomic mass is 16.6. The van der Waals surface area contributed by atoms with Crippen molar-refractivity contribution in [2.24, 2.45) is 21.7 Å². The molecule has 312 valence electrons. The first-order chi connectivity index (χ1) is 29.2. The third-order valence-electron chi connectivity index (χ3n) is 14.2. The molecule has 0 unspecified atom stereocenters. The molecule has 0 spiro atoms. The molecule has 2 saturated carbocycles. The summed E-state index contributed by atoms with van der Waals surface area (Å²) in [6, 6.07) is 29.5. The maximum atomic E-state index is 15.9. The number of methoxy groups -OCH3 is 2. The van der Waals surface area contributed by atoms with E-state index in [0.29, 0.717) is 34.0 Å². The Balaban J connectivity index is 1.53. The van der Waals surface area contributed by atoms with E-state index in [0.717, 1.165) is 0 Å². The van der Waals surface area contributed by atoms with Gasteiger partial charge in [-0.3, -0.25) is 19.2 Å². The fraction of sp³-hybridized carbons (Fsp3) is 0.417. The molecule has 0 radical (unpaired) electrons. The summed E-state index contributed by atoms with van der Waals surface area (Å²) in [5, 5.41) is 0. The second-order valence-corrected chi connectivity index (χ2v) is 16.1. The number of carbonyl (C=O) groups excluding carboxylic acids is 4. The van der Waals surface area contributed by atoms with Crippen molar-refractivity contribution in [3.8, 4) is 11.5 Å². The Morgan fingerprint density at radius 1 is 0.433 bits per heavy atom. The highest BCUT2D eigenvalue weighted by Crippen LogP contribution is 2.92. The molecular formula is C48H50N2O10. The number of rotatable bonds is 14. The molecule has 0 N–H and O–H groups in total. The summed E-state index contributed by atoms with van der Waals surface area (Å²) in [6.07, 6.45) is 0. The van der Waals surface area contributed by atoms with Crippen LogP contribution in [0.5, 0.6) is 11.5 Å². The number of ether oxygens (including phenoxy) is 6. The molecule has 12 heteroatoms. The van der Waals surface area contributed by atoms with Crippen LogP contribution in [0.3, 0.4) is 0 Å². The van der Waals surface area contributed by atoms with Gasteiger partial charge in [-0.05, 0) is 87.4 Å². The minimum atomic E-state index is -1.64. The van der Waals surface area contributed by atoms with E-state index < -0.39 is 81.5 Å². The fourth-order valence-corrected chi connectivity index (χ4v) is 13.1. The van der Waals surface area contributed by atoms with E-state index in [-0.39, 0.29) is 26.4 Å². The Labute approximate surface area is 349 Å². The highest BCUT2D eigenvalue weighted by molar-refractivity contribution is 6.07. The summed E-state index contributed by atoms with van der Waals surface area (Å²) in [7, 11) is 3.15. The third-order valence-corrected chi connectivity index (χ3v) is 14.2. The number of carbonyl (C=O) groups is 4.